The summed E-state index contributed by atoms with van der Waals surface area (Å²) in [5, 5.41) is 2.75. The van der Waals surface area contributed by atoms with E-state index >= 15 is 0 Å². The first-order valence-corrected chi connectivity index (χ1v) is 16.0. The van der Waals surface area contributed by atoms with Crippen molar-refractivity contribution in [1.82, 2.24) is 19.9 Å². The average molecular weight is 655 g/mol. The Hall–Kier alpha value is -6.16. The van der Waals surface area contributed by atoms with Gasteiger partial charge in [0.15, 0.2) is 5.75 Å². The molecule has 0 aliphatic carbocycles. The Morgan fingerprint density at radius 2 is 1.27 bits per heavy atom. The Morgan fingerprint density at radius 3 is 1.90 bits per heavy atom. The van der Waals surface area contributed by atoms with Crippen LogP contribution in [-0.2, 0) is 49.7 Å². The Kier molecular flexibility index (Phi) is 8.68. The van der Waals surface area contributed by atoms with E-state index in [2.05, 4.69) is 19.9 Å². The molecule has 4 heterocycles. The van der Waals surface area contributed by atoms with Gasteiger partial charge in [-0.3, -0.25) is 19.4 Å². The molecule has 1 unspecified atom stereocenters. The Balaban J connectivity index is 1.21. The largest absolute Gasteiger partial charge is 0.469 e. The molecule has 246 valence electrons. The van der Waals surface area contributed by atoms with Crippen LogP contribution in [0.15, 0.2) is 97.6 Å². The van der Waals surface area contributed by atoms with Gasteiger partial charge in [-0.15, -0.1) is 0 Å². The molecule has 0 fully saturated rings. The van der Waals surface area contributed by atoms with Crippen molar-refractivity contribution in [2.75, 3.05) is 7.11 Å². The Morgan fingerprint density at radius 1 is 0.714 bits per heavy atom. The van der Waals surface area contributed by atoms with E-state index in [1.165, 1.54) is 7.11 Å². The summed E-state index contributed by atoms with van der Waals surface area (Å²) in [5.41, 5.74) is 6.56. The fraction of sp³-hybridized carbons (Fsp3) is 0.179. The number of para-hydroxylation sites is 3. The monoisotopic (exact) mass is 654 g/mol. The maximum absolute atomic E-state index is 13.5. The lowest BCUT2D eigenvalue weighted by Crippen LogP contribution is -2.20. The highest BCUT2D eigenvalue weighted by atomic mass is 16.5. The molecule has 0 amide bonds. The van der Waals surface area contributed by atoms with E-state index in [0.717, 1.165) is 49.4 Å². The lowest BCUT2D eigenvalue weighted by atomic mass is 9.90. The number of rotatable bonds is 11. The number of esters is 3. The van der Waals surface area contributed by atoms with Gasteiger partial charge in [0.05, 0.1) is 31.6 Å². The van der Waals surface area contributed by atoms with E-state index in [1.807, 2.05) is 72.8 Å². The van der Waals surface area contributed by atoms with E-state index in [1.54, 1.807) is 31.7 Å². The molecule has 3 aromatic carbocycles. The fourth-order valence-electron chi connectivity index (χ4n) is 6.43. The number of aromatic nitrogens is 4. The number of carbonyl (C=O) groups excluding carboxylic acids is 3. The minimum atomic E-state index is -0.721. The van der Waals surface area contributed by atoms with Gasteiger partial charge in [0.25, 0.3) is 0 Å². The number of H-pyrrole nitrogens is 3. The molecule has 7 rings (SSSR count). The molecule has 49 heavy (non-hydrogen) atoms. The summed E-state index contributed by atoms with van der Waals surface area (Å²) in [4.78, 5) is 54.2. The number of aromatic amines is 3. The van der Waals surface area contributed by atoms with Crippen LogP contribution in [0, 0.1) is 6.92 Å². The zero-order valence-corrected chi connectivity index (χ0v) is 27.0. The molecule has 0 spiro atoms. The third-order valence-corrected chi connectivity index (χ3v) is 8.92. The quantitative estimate of drug-likeness (QED) is 0.131. The van der Waals surface area contributed by atoms with E-state index in [-0.39, 0.29) is 31.6 Å². The second-order valence-electron chi connectivity index (χ2n) is 12.0. The summed E-state index contributed by atoms with van der Waals surface area (Å²) in [5.74, 6) is -1.92. The summed E-state index contributed by atoms with van der Waals surface area (Å²) < 4.78 is 17.1. The van der Waals surface area contributed by atoms with Gasteiger partial charge in [-0.2, -0.15) is 0 Å². The number of carbonyl (C=O) groups is 3. The summed E-state index contributed by atoms with van der Waals surface area (Å²) in [6, 6.07) is 23.1. The van der Waals surface area contributed by atoms with Gasteiger partial charge in [0.2, 0.25) is 0 Å². The highest BCUT2D eigenvalue weighted by Gasteiger charge is 2.28. The number of aryl methyl sites for hydroxylation is 1. The normalized spacial score (nSPS) is 12.0. The van der Waals surface area contributed by atoms with Gasteiger partial charge in [-0.1, -0.05) is 54.6 Å². The van der Waals surface area contributed by atoms with Crippen molar-refractivity contribution in [3.05, 3.63) is 131 Å². The summed E-state index contributed by atoms with van der Waals surface area (Å²) >= 11 is 0. The number of ether oxygens (including phenoxy) is 3. The molecule has 10 heteroatoms. The van der Waals surface area contributed by atoms with Crippen LogP contribution in [0.4, 0.5) is 0 Å². The molecule has 4 aromatic heterocycles. The molecule has 0 saturated carbocycles. The van der Waals surface area contributed by atoms with Crippen molar-refractivity contribution in [2.45, 2.75) is 38.7 Å². The van der Waals surface area contributed by atoms with Crippen molar-refractivity contribution >= 4 is 50.6 Å². The standard InChI is InChI=1S/C39H34N4O6/c1-23-38(49-37(45)17-26-20-42-34-13-7-4-10-28(26)34)32(22-48-36(44)16-25-19-41-33-12-6-3-9-27(25)33)24(18-40-23)15-30(39(46)47-2)31-21-43-35-14-8-5-11-29(31)35/h3-14,18-21,30,41-43H,15-17,22H2,1-2H3. The van der Waals surface area contributed by atoms with Crippen LogP contribution >= 0.6 is 0 Å². The topological polar surface area (TPSA) is 139 Å². The van der Waals surface area contributed by atoms with Crippen LogP contribution in [0.25, 0.3) is 32.7 Å². The van der Waals surface area contributed by atoms with Gasteiger partial charge >= 0.3 is 17.9 Å². The van der Waals surface area contributed by atoms with E-state index in [4.69, 9.17) is 14.2 Å². The van der Waals surface area contributed by atoms with E-state index in [9.17, 15) is 14.4 Å². The van der Waals surface area contributed by atoms with E-state index in [0.29, 0.717) is 16.8 Å². The second kappa shape index (κ2) is 13.5. The number of nitrogens with one attached hydrogen (secondary N) is 3. The molecule has 0 aliphatic heterocycles. The van der Waals surface area contributed by atoms with Crippen LogP contribution in [0.3, 0.4) is 0 Å². The smallest absolute Gasteiger partial charge is 0.315 e. The van der Waals surface area contributed by atoms with E-state index < -0.39 is 23.8 Å². The molecule has 7 aromatic rings. The number of hydrogen-bond acceptors (Lipinski definition) is 7. The number of methoxy groups -OCH3 is 1. The van der Waals surface area contributed by atoms with Crippen LogP contribution in [0.2, 0.25) is 0 Å². The Bertz CT molecular complexity index is 2330. The fourth-order valence-corrected chi connectivity index (χ4v) is 6.43. The first-order valence-electron chi connectivity index (χ1n) is 16.0. The first kappa shape index (κ1) is 31.4. The third-order valence-electron chi connectivity index (χ3n) is 8.92. The molecule has 0 radical (unpaired) electrons. The number of benzene rings is 3. The van der Waals surface area contributed by atoms with Crippen LogP contribution in [0.1, 0.15) is 39.4 Å². The van der Waals surface area contributed by atoms with Crippen molar-refractivity contribution in [3.8, 4) is 5.75 Å². The molecular weight excluding hydrogens is 620 g/mol. The molecule has 0 aliphatic rings. The zero-order chi connectivity index (χ0) is 33.9. The van der Waals surface area contributed by atoms with Gasteiger partial charge in [0.1, 0.15) is 6.61 Å². The van der Waals surface area contributed by atoms with Crippen LogP contribution in [-0.4, -0.2) is 45.0 Å². The highest BCUT2D eigenvalue weighted by Crippen LogP contribution is 2.34. The summed E-state index contributed by atoms with van der Waals surface area (Å²) in [6.45, 7) is 1.53. The van der Waals surface area contributed by atoms with Crippen molar-refractivity contribution in [1.29, 1.82) is 0 Å². The average Bonchev–Trinajstić information content (AvgIpc) is 3.85. The minimum Gasteiger partial charge on any atom is -0.469 e. The van der Waals surface area contributed by atoms with Gasteiger partial charge in [-0.05, 0) is 53.8 Å². The van der Waals surface area contributed by atoms with Crippen molar-refractivity contribution in [2.24, 2.45) is 0 Å². The number of fused-ring (bicyclic) bond motifs is 3. The molecule has 0 saturated heterocycles. The molecule has 1 atom stereocenters. The highest BCUT2D eigenvalue weighted by molar-refractivity contribution is 5.91. The SMILES string of the molecule is COC(=O)C(Cc1cnc(C)c(OC(=O)Cc2c[nH]c3ccccc23)c1COC(=O)Cc1c[nH]c2ccccc12)c1c[nH]c2ccccc12. The van der Waals surface area contributed by atoms with Crippen molar-refractivity contribution < 1.29 is 28.6 Å². The van der Waals surface area contributed by atoms with Crippen LogP contribution in [0.5, 0.6) is 5.75 Å². The summed E-state index contributed by atoms with van der Waals surface area (Å²) in [7, 11) is 1.35. The molecule has 10 nitrogen and oxygen atoms in total. The summed E-state index contributed by atoms with van der Waals surface area (Å²) in [6.07, 6.45) is 7.24. The molecule has 0 bridgehead atoms. The molecular formula is C39H34N4O6. The van der Waals surface area contributed by atoms with Gasteiger partial charge in [-0.25, -0.2) is 0 Å². The predicted molar refractivity (Wildman–Crippen MR) is 185 cm³/mol. The van der Waals surface area contributed by atoms with Crippen LogP contribution < -0.4 is 4.74 Å². The predicted octanol–water partition coefficient (Wildman–Crippen LogP) is 6.77. The number of hydrogen-bond donors (Lipinski definition) is 3. The lowest BCUT2D eigenvalue weighted by Gasteiger charge is -2.20. The second-order valence-corrected chi connectivity index (χ2v) is 12.0. The zero-order valence-electron chi connectivity index (χ0n) is 27.0. The Labute approximate surface area is 281 Å². The maximum atomic E-state index is 13.5. The number of nitrogens with zero attached hydrogens (tertiary/aromatic N) is 1. The molecule has 3 N–H and O–H groups in total. The lowest BCUT2D eigenvalue weighted by molar-refractivity contribution is -0.144. The first-order chi connectivity index (χ1) is 23.9. The maximum Gasteiger partial charge on any atom is 0.315 e. The van der Waals surface area contributed by atoms with Gasteiger partial charge in [0, 0.05) is 63.1 Å². The third kappa shape index (κ3) is 6.40. The minimum absolute atomic E-state index is 0.00754. The van der Waals surface area contributed by atoms with Crippen molar-refractivity contribution in [3.63, 3.8) is 0 Å². The number of pyridine rings is 1. The van der Waals surface area contributed by atoms with Gasteiger partial charge < -0.3 is 29.2 Å².